The Hall–Kier alpha value is -5.93. The van der Waals surface area contributed by atoms with E-state index in [1.165, 1.54) is 32.3 Å². The molecule has 0 aliphatic heterocycles. The standard InChI is InChI=1S/C41H25N3/c1-2-7-27(8-3-1)37-25-38(34-21-19-30-16-15-28-9-6-10-29-20-22-35(34)40(30)39(28)29)44-41(43-37)31-17-13-26(14-18-31)32-23-24-42-36-12-5-4-11-33(32)36/h1-25H. The third kappa shape index (κ3) is 3.94. The zero-order valence-corrected chi connectivity index (χ0v) is 23.8. The second-order valence-corrected chi connectivity index (χ2v) is 11.3. The van der Waals surface area contributed by atoms with E-state index in [1.54, 1.807) is 0 Å². The summed E-state index contributed by atoms with van der Waals surface area (Å²) < 4.78 is 0. The summed E-state index contributed by atoms with van der Waals surface area (Å²) in [5, 5.41) is 8.69. The van der Waals surface area contributed by atoms with E-state index in [9.17, 15) is 0 Å². The summed E-state index contributed by atoms with van der Waals surface area (Å²) in [5.41, 5.74) is 8.26. The van der Waals surface area contributed by atoms with Crippen molar-refractivity contribution in [1.29, 1.82) is 0 Å². The van der Waals surface area contributed by atoms with Gasteiger partial charge in [-0.3, -0.25) is 4.98 Å². The van der Waals surface area contributed by atoms with E-state index in [-0.39, 0.29) is 0 Å². The Kier molecular flexibility index (Phi) is 5.50. The highest BCUT2D eigenvalue weighted by molar-refractivity contribution is 6.25. The fourth-order valence-electron chi connectivity index (χ4n) is 6.58. The summed E-state index contributed by atoms with van der Waals surface area (Å²) in [5.74, 6) is 0.707. The van der Waals surface area contributed by atoms with E-state index in [0.29, 0.717) is 5.82 Å². The Morgan fingerprint density at radius 3 is 1.91 bits per heavy atom. The van der Waals surface area contributed by atoms with Crippen LogP contribution in [0, 0.1) is 0 Å². The first kappa shape index (κ1) is 24.6. The molecular weight excluding hydrogens is 534 g/mol. The van der Waals surface area contributed by atoms with E-state index in [1.807, 2.05) is 18.3 Å². The zero-order valence-electron chi connectivity index (χ0n) is 23.8. The molecule has 0 fully saturated rings. The molecule has 7 aromatic carbocycles. The molecule has 0 spiro atoms. The maximum absolute atomic E-state index is 5.21. The molecule has 0 aliphatic carbocycles. The number of para-hydroxylation sites is 1. The van der Waals surface area contributed by atoms with Crippen LogP contribution in [0.15, 0.2) is 152 Å². The quantitative estimate of drug-likeness (QED) is 0.201. The third-order valence-corrected chi connectivity index (χ3v) is 8.70. The monoisotopic (exact) mass is 559 g/mol. The maximum Gasteiger partial charge on any atom is 0.160 e. The molecule has 0 unspecified atom stereocenters. The fourth-order valence-corrected chi connectivity index (χ4v) is 6.58. The third-order valence-electron chi connectivity index (χ3n) is 8.70. The molecule has 0 N–H and O–H groups in total. The summed E-state index contributed by atoms with van der Waals surface area (Å²) in [6.45, 7) is 0. The van der Waals surface area contributed by atoms with Crippen molar-refractivity contribution in [3.05, 3.63) is 152 Å². The molecule has 3 nitrogen and oxygen atoms in total. The predicted molar refractivity (Wildman–Crippen MR) is 183 cm³/mol. The molecule has 0 bridgehead atoms. The molecule has 0 aliphatic rings. The molecular formula is C41H25N3. The van der Waals surface area contributed by atoms with Crippen LogP contribution in [-0.4, -0.2) is 15.0 Å². The molecule has 9 aromatic rings. The number of aromatic nitrogens is 3. The molecule has 2 heterocycles. The fraction of sp³-hybridized carbons (Fsp3) is 0. The maximum atomic E-state index is 5.21. The van der Waals surface area contributed by atoms with Crippen LogP contribution in [0.3, 0.4) is 0 Å². The van der Waals surface area contributed by atoms with Crippen molar-refractivity contribution in [2.24, 2.45) is 0 Å². The van der Waals surface area contributed by atoms with Gasteiger partial charge in [0.05, 0.1) is 16.9 Å². The minimum atomic E-state index is 0.707. The minimum Gasteiger partial charge on any atom is -0.256 e. The zero-order chi connectivity index (χ0) is 29.0. The van der Waals surface area contributed by atoms with E-state index < -0.39 is 0 Å². The summed E-state index contributed by atoms with van der Waals surface area (Å²) in [6, 6.07) is 51.3. The van der Waals surface area contributed by atoms with E-state index in [2.05, 4.69) is 138 Å². The summed E-state index contributed by atoms with van der Waals surface area (Å²) in [6.07, 6.45) is 1.88. The highest BCUT2D eigenvalue weighted by Gasteiger charge is 2.16. The summed E-state index contributed by atoms with van der Waals surface area (Å²) in [7, 11) is 0. The van der Waals surface area contributed by atoms with Gasteiger partial charge in [-0.15, -0.1) is 0 Å². The lowest BCUT2D eigenvalue weighted by atomic mass is 9.91. The lowest BCUT2D eigenvalue weighted by molar-refractivity contribution is 1.19. The molecule has 0 radical (unpaired) electrons. The van der Waals surface area contributed by atoms with Crippen LogP contribution in [0.2, 0.25) is 0 Å². The van der Waals surface area contributed by atoms with Crippen LogP contribution < -0.4 is 0 Å². The van der Waals surface area contributed by atoms with Gasteiger partial charge in [-0.25, -0.2) is 9.97 Å². The van der Waals surface area contributed by atoms with Crippen molar-refractivity contribution in [2.45, 2.75) is 0 Å². The van der Waals surface area contributed by atoms with Gasteiger partial charge in [0.2, 0.25) is 0 Å². The molecule has 0 saturated carbocycles. The van der Waals surface area contributed by atoms with Gasteiger partial charge in [-0.2, -0.15) is 0 Å². The second kappa shape index (κ2) is 9.82. The Balaban J connectivity index is 1.23. The molecule has 0 saturated heterocycles. The van der Waals surface area contributed by atoms with Gasteiger partial charge in [0.25, 0.3) is 0 Å². The molecule has 44 heavy (non-hydrogen) atoms. The van der Waals surface area contributed by atoms with Gasteiger partial charge in [-0.05, 0) is 61.6 Å². The first-order valence-corrected chi connectivity index (χ1v) is 14.9. The highest BCUT2D eigenvalue weighted by atomic mass is 14.9. The first-order valence-electron chi connectivity index (χ1n) is 14.9. The topological polar surface area (TPSA) is 38.7 Å². The summed E-state index contributed by atoms with van der Waals surface area (Å²) >= 11 is 0. The minimum absolute atomic E-state index is 0.707. The van der Waals surface area contributed by atoms with Gasteiger partial charge in [0.1, 0.15) is 0 Å². The van der Waals surface area contributed by atoms with Gasteiger partial charge in [0, 0.05) is 28.3 Å². The number of benzene rings is 7. The molecule has 9 rings (SSSR count). The summed E-state index contributed by atoms with van der Waals surface area (Å²) in [4.78, 5) is 14.8. The first-order chi connectivity index (χ1) is 21.8. The average molecular weight is 560 g/mol. The van der Waals surface area contributed by atoms with Crippen LogP contribution in [-0.2, 0) is 0 Å². The SMILES string of the molecule is c1ccc(-c2cc(-c3ccc4ccc5cccc6ccc3c4c56)nc(-c3ccc(-c4ccnc5ccccc45)cc3)n2)cc1. The van der Waals surface area contributed by atoms with E-state index >= 15 is 0 Å². The van der Waals surface area contributed by atoms with Crippen molar-refractivity contribution in [2.75, 3.05) is 0 Å². The molecule has 204 valence electrons. The van der Waals surface area contributed by atoms with Crippen molar-refractivity contribution in [3.63, 3.8) is 0 Å². The second-order valence-electron chi connectivity index (χ2n) is 11.3. The number of rotatable bonds is 4. The number of fused-ring (bicyclic) bond motifs is 1. The molecule has 3 heteroatoms. The van der Waals surface area contributed by atoms with Gasteiger partial charge in [-0.1, -0.05) is 127 Å². The van der Waals surface area contributed by atoms with Gasteiger partial charge < -0.3 is 0 Å². The molecule has 2 aromatic heterocycles. The van der Waals surface area contributed by atoms with Crippen molar-refractivity contribution < 1.29 is 0 Å². The Morgan fingerprint density at radius 1 is 0.386 bits per heavy atom. The predicted octanol–water partition coefficient (Wildman–Crippen LogP) is 10.6. The molecule has 0 atom stereocenters. The Labute approximate surface area is 254 Å². The number of hydrogen-bond acceptors (Lipinski definition) is 3. The van der Waals surface area contributed by atoms with Gasteiger partial charge in [0.15, 0.2) is 5.82 Å². The van der Waals surface area contributed by atoms with Gasteiger partial charge >= 0.3 is 0 Å². The normalized spacial score (nSPS) is 11.6. The average Bonchev–Trinajstić information content (AvgIpc) is 3.10. The number of pyridine rings is 1. The van der Waals surface area contributed by atoms with Crippen LogP contribution in [0.5, 0.6) is 0 Å². The Morgan fingerprint density at radius 2 is 1.07 bits per heavy atom. The van der Waals surface area contributed by atoms with E-state index in [0.717, 1.165) is 50.1 Å². The smallest absolute Gasteiger partial charge is 0.160 e. The van der Waals surface area contributed by atoms with Crippen molar-refractivity contribution in [3.8, 4) is 45.0 Å². The lowest BCUT2D eigenvalue weighted by Crippen LogP contribution is -1.97. The van der Waals surface area contributed by atoms with E-state index in [4.69, 9.17) is 9.97 Å². The Bertz CT molecular complexity index is 2460. The van der Waals surface area contributed by atoms with Crippen LogP contribution in [0.4, 0.5) is 0 Å². The van der Waals surface area contributed by atoms with Crippen molar-refractivity contribution in [1.82, 2.24) is 15.0 Å². The number of hydrogen-bond donors (Lipinski definition) is 0. The van der Waals surface area contributed by atoms with Crippen LogP contribution in [0.1, 0.15) is 0 Å². The number of nitrogens with zero attached hydrogens (tertiary/aromatic N) is 3. The lowest BCUT2D eigenvalue weighted by Gasteiger charge is -2.15. The highest BCUT2D eigenvalue weighted by Crippen LogP contribution is 2.40. The van der Waals surface area contributed by atoms with Crippen molar-refractivity contribution >= 4 is 43.2 Å². The van der Waals surface area contributed by atoms with Crippen LogP contribution >= 0.6 is 0 Å². The largest absolute Gasteiger partial charge is 0.256 e. The molecule has 0 amide bonds. The van der Waals surface area contributed by atoms with Crippen LogP contribution in [0.25, 0.3) is 88.2 Å².